The van der Waals surface area contributed by atoms with Gasteiger partial charge >= 0.3 is 0 Å². The molecule has 4 heteroatoms. The third-order valence-corrected chi connectivity index (χ3v) is 3.53. The van der Waals surface area contributed by atoms with Crippen LogP contribution in [0.4, 0.5) is 5.69 Å². The van der Waals surface area contributed by atoms with E-state index >= 15 is 0 Å². The van der Waals surface area contributed by atoms with Gasteiger partial charge in [-0.2, -0.15) is 0 Å². The van der Waals surface area contributed by atoms with Gasteiger partial charge in [-0.25, -0.2) is 0 Å². The highest BCUT2D eigenvalue weighted by atomic mass is 35.5. The van der Waals surface area contributed by atoms with Crippen LogP contribution < -0.4 is 10.6 Å². The van der Waals surface area contributed by atoms with Gasteiger partial charge in [-0.15, -0.1) is 0 Å². The van der Waals surface area contributed by atoms with E-state index in [4.69, 9.17) is 23.2 Å². The predicted molar refractivity (Wildman–Crippen MR) is 88.0 cm³/mol. The Morgan fingerprint density at radius 2 is 1.65 bits per heavy atom. The molecule has 2 aromatic rings. The maximum Gasteiger partial charge on any atom is 0.0652 e. The molecule has 0 saturated heterocycles. The summed E-state index contributed by atoms with van der Waals surface area (Å²) in [5.74, 6) is 0. The van der Waals surface area contributed by atoms with Gasteiger partial charge in [-0.1, -0.05) is 53.5 Å². The molecule has 106 valence electrons. The van der Waals surface area contributed by atoms with Gasteiger partial charge in [0.2, 0.25) is 0 Å². The maximum absolute atomic E-state index is 6.08. The molecule has 0 heterocycles. The van der Waals surface area contributed by atoms with Crippen molar-refractivity contribution >= 4 is 28.9 Å². The summed E-state index contributed by atoms with van der Waals surface area (Å²) in [7, 11) is 0. The van der Waals surface area contributed by atoms with E-state index in [0.29, 0.717) is 10.0 Å². The zero-order valence-corrected chi connectivity index (χ0v) is 12.7. The molecule has 0 aliphatic rings. The highest BCUT2D eigenvalue weighted by Crippen LogP contribution is 2.24. The Kier molecular flexibility index (Phi) is 6.19. The van der Waals surface area contributed by atoms with Gasteiger partial charge in [-0.05, 0) is 36.7 Å². The van der Waals surface area contributed by atoms with Crippen molar-refractivity contribution in [2.75, 3.05) is 25.0 Å². The molecule has 0 fully saturated rings. The Balaban J connectivity index is 1.62. The van der Waals surface area contributed by atoms with Crippen LogP contribution in [0.15, 0.2) is 48.5 Å². The molecule has 0 aromatic heterocycles. The van der Waals surface area contributed by atoms with Gasteiger partial charge in [0.05, 0.1) is 10.7 Å². The Hall–Kier alpha value is -1.22. The van der Waals surface area contributed by atoms with E-state index in [1.165, 1.54) is 5.56 Å². The minimum Gasteiger partial charge on any atom is -0.383 e. The SMILES string of the molecule is Clc1ccc(NCCNCCc2ccccc2)c(Cl)c1. The van der Waals surface area contributed by atoms with E-state index in [1.807, 2.05) is 18.2 Å². The highest BCUT2D eigenvalue weighted by molar-refractivity contribution is 6.36. The van der Waals surface area contributed by atoms with Crippen LogP contribution in [0.1, 0.15) is 5.56 Å². The first-order valence-corrected chi connectivity index (χ1v) is 7.45. The lowest BCUT2D eigenvalue weighted by Crippen LogP contribution is -2.24. The van der Waals surface area contributed by atoms with Crippen LogP contribution in [0.3, 0.4) is 0 Å². The summed E-state index contributed by atoms with van der Waals surface area (Å²) in [5, 5.41) is 8.00. The van der Waals surface area contributed by atoms with Crippen LogP contribution in [-0.2, 0) is 6.42 Å². The molecule has 2 aromatic carbocycles. The van der Waals surface area contributed by atoms with Gasteiger partial charge in [0.1, 0.15) is 0 Å². The molecule has 0 atom stereocenters. The minimum absolute atomic E-state index is 0.654. The monoisotopic (exact) mass is 308 g/mol. The van der Waals surface area contributed by atoms with Gasteiger partial charge in [-0.3, -0.25) is 0 Å². The van der Waals surface area contributed by atoms with Gasteiger partial charge in [0.15, 0.2) is 0 Å². The fraction of sp³-hybridized carbons (Fsp3) is 0.250. The second kappa shape index (κ2) is 8.15. The first-order valence-electron chi connectivity index (χ1n) is 6.69. The molecule has 2 rings (SSSR count). The molecule has 0 aliphatic heterocycles. The Labute approximate surface area is 130 Å². The van der Waals surface area contributed by atoms with E-state index in [-0.39, 0.29) is 0 Å². The van der Waals surface area contributed by atoms with Crippen molar-refractivity contribution in [3.8, 4) is 0 Å². The third kappa shape index (κ3) is 5.04. The van der Waals surface area contributed by atoms with E-state index < -0.39 is 0 Å². The third-order valence-electron chi connectivity index (χ3n) is 2.98. The molecule has 2 N–H and O–H groups in total. The van der Waals surface area contributed by atoms with Crippen molar-refractivity contribution in [3.05, 3.63) is 64.1 Å². The second-order valence-electron chi connectivity index (χ2n) is 4.54. The molecule has 0 amide bonds. The number of halogens is 2. The zero-order chi connectivity index (χ0) is 14.2. The standard InChI is InChI=1S/C16H18Cl2N2/c17-14-6-7-16(15(18)12-14)20-11-10-19-9-8-13-4-2-1-3-5-13/h1-7,12,19-20H,8-11H2. The lowest BCUT2D eigenvalue weighted by molar-refractivity contribution is 0.699. The second-order valence-corrected chi connectivity index (χ2v) is 5.38. The van der Waals surface area contributed by atoms with Crippen molar-refractivity contribution in [2.45, 2.75) is 6.42 Å². The average Bonchev–Trinajstić information content (AvgIpc) is 2.46. The van der Waals surface area contributed by atoms with E-state index in [9.17, 15) is 0 Å². The first kappa shape index (κ1) is 15.2. The molecule has 20 heavy (non-hydrogen) atoms. The number of hydrogen-bond donors (Lipinski definition) is 2. The van der Waals surface area contributed by atoms with E-state index in [2.05, 4.69) is 34.9 Å². The quantitative estimate of drug-likeness (QED) is 0.748. The van der Waals surface area contributed by atoms with Crippen LogP contribution >= 0.6 is 23.2 Å². The number of anilines is 1. The van der Waals surface area contributed by atoms with Crippen molar-refractivity contribution in [2.24, 2.45) is 0 Å². The topological polar surface area (TPSA) is 24.1 Å². The molecule has 0 saturated carbocycles. The van der Waals surface area contributed by atoms with Crippen LogP contribution in [0.2, 0.25) is 10.0 Å². The average molecular weight is 309 g/mol. The summed E-state index contributed by atoms with van der Waals surface area (Å²) >= 11 is 11.9. The predicted octanol–water partition coefficient (Wildman–Crippen LogP) is 4.24. The molecule has 0 radical (unpaired) electrons. The van der Waals surface area contributed by atoms with Crippen molar-refractivity contribution < 1.29 is 0 Å². The number of nitrogens with one attached hydrogen (secondary N) is 2. The minimum atomic E-state index is 0.654. The summed E-state index contributed by atoms with van der Waals surface area (Å²) in [5.41, 5.74) is 2.27. The maximum atomic E-state index is 6.08. The Morgan fingerprint density at radius 1 is 0.850 bits per heavy atom. The smallest absolute Gasteiger partial charge is 0.0652 e. The highest BCUT2D eigenvalue weighted by Gasteiger charge is 1.99. The lowest BCUT2D eigenvalue weighted by Gasteiger charge is -2.09. The normalized spacial score (nSPS) is 10.5. The lowest BCUT2D eigenvalue weighted by atomic mass is 10.1. The molecular formula is C16H18Cl2N2. The summed E-state index contributed by atoms with van der Waals surface area (Å²) in [6.07, 6.45) is 1.04. The van der Waals surface area contributed by atoms with Crippen LogP contribution in [-0.4, -0.2) is 19.6 Å². The largest absolute Gasteiger partial charge is 0.383 e. The fourth-order valence-electron chi connectivity index (χ4n) is 1.92. The summed E-state index contributed by atoms with van der Waals surface area (Å²) < 4.78 is 0. The number of rotatable bonds is 7. The molecule has 0 unspecified atom stereocenters. The van der Waals surface area contributed by atoms with Gasteiger partial charge in [0, 0.05) is 18.1 Å². The molecule has 0 bridgehead atoms. The van der Waals surface area contributed by atoms with Gasteiger partial charge < -0.3 is 10.6 Å². The summed E-state index contributed by atoms with van der Waals surface area (Å²) in [6, 6.07) is 15.9. The summed E-state index contributed by atoms with van der Waals surface area (Å²) in [6.45, 7) is 2.70. The van der Waals surface area contributed by atoms with E-state index in [0.717, 1.165) is 31.7 Å². The fourth-order valence-corrected chi connectivity index (χ4v) is 2.40. The molecule has 2 nitrogen and oxygen atoms in total. The van der Waals surface area contributed by atoms with Crippen LogP contribution in [0.25, 0.3) is 0 Å². The van der Waals surface area contributed by atoms with Crippen molar-refractivity contribution in [1.29, 1.82) is 0 Å². The number of hydrogen-bond acceptors (Lipinski definition) is 2. The first-order chi connectivity index (χ1) is 9.75. The van der Waals surface area contributed by atoms with Crippen LogP contribution in [0, 0.1) is 0 Å². The van der Waals surface area contributed by atoms with Crippen molar-refractivity contribution in [3.63, 3.8) is 0 Å². The Morgan fingerprint density at radius 3 is 2.40 bits per heavy atom. The van der Waals surface area contributed by atoms with Gasteiger partial charge in [0.25, 0.3) is 0 Å². The number of benzene rings is 2. The molecule has 0 spiro atoms. The van der Waals surface area contributed by atoms with Crippen LogP contribution in [0.5, 0.6) is 0 Å². The zero-order valence-electron chi connectivity index (χ0n) is 11.2. The summed E-state index contributed by atoms with van der Waals surface area (Å²) in [4.78, 5) is 0. The molecule has 0 aliphatic carbocycles. The molecular weight excluding hydrogens is 291 g/mol. The Bertz CT molecular complexity index is 529. The van der Waals surface area contributed by atoms with Crippen molar-refractivity contribution in [1.82, 2.24) is 5.32 Å². The van der Waals surface area contributed by atoms with E-state index in [1.54, 1.807) is 6.07 Å².